The molecule has 0 aromatic carbocycles. The first-order valence-electron chi connectivity index (χ1n) is 6.50. The van der Waals surface area contributed by atoms with Crippen molar-refractivity contribution in [2.45, 2.75) is 40.2 Å². The number of hydrogen-bond donors (Lipinski definition) is 1. The molecule has 1 rings (SSSR count). The van der Waals surface area contributed by atoms with Gasteiger partial charge < -0.3 is 15.5 Å². The van der Waals surface area contributed by atoms with E-state index in [-0.39, 0.29) is 5.91 Å². The second kappa shape index (κ2) is 4.94. The Labute approximate surface area is 105 Å². The number of carbonyl (C=O) groups excluding carboxylic acids is 1. The maximum absolute atomic E-state index is 12.5. The van der Waals surface area contributed by atoms with E-state index in [1.165, 1.54) is 0 Å². The van der Waals surface area contributed by atoms with Gasteiger partial charge in [-0.05, 0) is 34.2 Å². The molecule has 4 nitrogen and oxygen atoms in total. The van der Waals surface area contributed by atoms with Crippen LogP contribution in [0.2, 0.25) is 0 Å². The quantitative estimate of drug-likeness (QED) is 0.799. The molecule has 1 heterocycles. The molecule has 0 saturated carbocycles. The molecule has 0 spiro atoms. The zero-order valence-electron chi connectivity index (χ0n) is 11.9. The molecule has 2 N–H and O–H groups in total. The minimum atomic E-state index is -0.513. The van der Waals surface area contributed by atoms with Gasteiger partial charge in [0.2, 0.25) is 5.91 Å². The number of rotatable bonds is 3. The molecule has 0 aliphatic carbocycles. The smallest absolute Gasteiger partial charge is 0.230 e. The van der Waals surface area contributed by atoms with E-state index >= 15 is 0 Å². The highest BCUT2D eigenvalue weighted by molar-refractivity contribution is 5.83. The van der Waals surface area contributed by atoms with Crippen LogP contribution in [0.3, 0.4) is 0 Å². The fraction of sp³-hybridized carbons (Fsp3) is 0.923. The van der Waals surface area contributed by atoms with E-state index in [2.05, 4.69) is 11.8 Å². The third kappa shape index (κ3) is 2.99. The predicted molar refractivity (Wildman–Crippen MR) is 70.7 cm³/mol. The molecule has 1 amide bonds. The van der Waals surface area contributed by atoms with E-state index in [0.717, 1.165) is 32.7 Å². The van der Waals surface area contributed by atoms with Crippen LogP contribution in [0.5, 0.6) is 0 Å². The van der Waals surface area contributed by atoms with E-state index < -0.39 is 11.0 Å². The third-order valence-corrected chi connectivity index (χ3v) is 4.25. The maximum Gasteiger partial charge on any atom is 0.230 e. The molecule has 1 fully saturated rings. The summed E-state index contributed by atoms with van der Waals surface area (Å²) in [5.74, 6) is 0.181. The number of carbonyl (C=O) groups is 1. The van der Waals surface area contributed by atoms with Crippen LogP contribution in [0.1, 0.15) is 34.6 Å². The van der Waals surface area contributed by atoms with Crippen LogP contribution < -0.4 is 5.73 Å². The Kier molecular flexibility index (Phi) is 4.20. The largest absolute Gasteiger partial charge is 0.340 e. The summed E-state index contributed by atoms with van der Waals surface area (Å²) in [5, 5.41) is 0. The van der Waals surface area contributed by atoms with Crippen LogP contribution in [-0.4, -0.2) is 54.0 Å². The van der Waals surface area contributed by atoms with E-state index in [0.29, 0.717) is 0 Å². The molecule has 0 aromatic heterocycles. The van der Waals surface area contributed by atoms with Crippen LogP contribution in [0.4, 0.5) is 0 Å². The van der Waals surface area contributed by atoms with E-state index in [4.69, 9.17) is 5.73 Å². The lowest BCUT2D eigenvalue weighted by molar-refractivity contribution is -0.145. The van der Waals surface area contributed by atoms with Gasteiger partial charge in [-0.25, -0.2) is 0 Å². The molecule has 1 aliphatic rings. The Morgan fingerprint density at radius 3 is 1.94 bits per heavy atom. The standard InChI is InChI=1S/C13H27N3O/c1-6-15-7-9-16(10-8-15)11(17)12(2,3)13(4,5)14/h6-10,14H2,1-5H3. The first-order valence-corrected chi connectivity index (χ1v) is 6.50. The summed E-state index contributed by atoms with van der Waals surface area (Å²) in [6, 6.07) is 0. The van der Waals surface area contributed by atoms with Crippen molar-refractivity contribution in [2.75, 3.05) is 32.7 Å². The van der Waals surface area contributed by atoms with Crippen LogP contribution in [0.15, 0.2) is 0 Å². The van der Waals surface area contributed by atoms with Crippen LogP contribution >= 0.6 is 0 Å². The van der Waals surface area contributed by atoms with Gasteiger partial charge in [0.1, 0.15) is 0 Å². The second-order valence-electron chi connectivity index (χ2n) is 6.07. The van der Waals surface area contributed by atoms with Crippen LogP contribution in [0, 0.1) is 5.41 Å². The summed E-state index contributed by atoms with van der Waals surface area (Å²) >= 11 is 0. The lowest BCUT2D eigenvalue weighted by atomic mass is 9.74. The van der Waals surface area contributed by atoms with Crippen molar-refractivity contribution in [1.29, 1.82) is 0 Å². The first kappa shape index (κ1) is 14.5. The van der Waals surface area contributed by atoms with E-state index in [9.17, 15) is 4.79 Å². The summed E-state index contributed by atoms with van der Waals surface area (Å²) in [6.07, 6.45) is 0. The number of amides is 1. The summed E-state index contributed by atoms with van der Waals surface area (Å²) in [7, 11) is 0. The number of nitrogens with zero attached hydrogens (tertiary/aromatic N) is 2. The lowest BCUT2D eigenvalue weighted by Gasteiger charge is -2.43. The van der Waals surface area contributed by atoms with Crippen molar-refractivity contribution < 1.29 is 4.79 Å². The van der Waals surface area contributed by atoms with Crippen molar-refractivity contribution in [1.82, 2.24) is 9.80 Å². The molecule has 100 valence electrons. The predicted octanol–water partition coefficient (Wildman–Crippen LogP) is 0.914. The summed E-state index contributed by atoms with van der Waals surface area (Å²) < 4.78 is 0. The van der Waals surface area contributed by atoms with Crippen molar-refractivity contribution in [2.24, 2.45) is 11.1 Å². The molecular formula is C13H27N3O. The monoisotopic (exact) mass is 241 g/mol. The Morgan fingerprint density at radius 2 is 1.59 bits per heavy atom. The summed E-state index contributed by atoms with van der Waals surface area (Å²) in [5.41, 5.74) is 5.11. The van der Waals surface area contributed by atoms with E-state index in [1.807, 2.05) is 32.6 Å². The van der Waals surface area contributed by atoms with Crippen LogP contribution in [0.25, 0.3) is 0 Å². The normalized spacial score (nSPS) is 19.5. The maximum atomic E-state index is 12.5. The first-order chi connectivity index (χ1) is 7.70. The van der Waals surface area contributed by atoms with Gasteiger partial charge in [-0.2, -0.15) is 0 Å². The Hall–Kier alpha value is -0.610. The van der Waals surface area contributed by atoms with Crippen LogP contribution in [-0.2, 0) is 4.79 Å². The third-order valence-electron chi connectivity index (χ3n) is 4.25. The number of piperazine rings is 1. The Balaban J connectivity index is 2.66. The lowest BCUT2D eigenvalue weighted by Crippen LogP contribution is -2.59. The van der Waals surface area contributed by atoms with Gasteiger partial charge in [0, 0.05) is 31.7 Å². The molecule has 1 saturated heterocycles. The fourth-order valence-corrected chi connectivity index (χ4v) is 1.94. The molecule has 0 aromatic rings. The molecule has 0 radical (unpaired) electrons. The Bertz CT molecular complexity index is 273. The molecular weight excluding hydrogens is 214 g/mol. The van der Waals surface area contributed by atoms with Crippen molar-refractivity contribution in [3.8, 4) is 0 Å². The van der Waals surface area contributed by atoms with Gasteiger partial charge in [-0.3, -0.25) is 4.79 Å². The highest BCUT2D eigenvalue weighted by atomic mass is 16.2. The van der Waals surface area contributed by atoms with Gasteiger partial charge in [0.25, 0.3) is 0 Å². The highest BCUT2D eigenvalue weighted by Crippen LogP contribution is 2.30. The molecule has 0 bridgehead atoms. The highest BCUT2D eigenvalue weighted by Gasteiger charge is 2.43. The second-order valence-corrected chi connectivity index (χ2v) is 6.07. The summed E-state index contributed by atoms with van der Waals surface area (Å²) in [6.45, 7) is 14.6. The molecule has 0 atom stereocenters. The topological polar surface area (TPSA) is 49.6 Å². The Morgan fingerprint density at radius 1 is 1.12 bits per heavy atom. The number of nitrogens with two attached hydrogens (primary N) is 1. The minimum Gasteiger partial charge on any atom is -0.340 e. The fourth-order valence-electron chi connectivity index (χ4n) is 1.94. The van der Waals surface area contributed by atoms with Crippen molar-refractivity contribution in [3.05, 3.63) is 0 Å². The minimum absolute atomic E-state index is 0.181. The SMILES string of the molecule is CCN1CCN(C(=O)C(C)(C)C(C)(C)N)CC1. The molecule has 0 unspecified atom stereocenters. The van der Waals surface area contributed by atoms with Gasteiger partial charge >= 0.3 is 0 Å². The number of hydrogen-bond acceptors (Lipinski definition) is 3. The summed E-state index contributed by atoms with van der Waals surface area (Å²) in [4.78, 5) is 16.8. The zero-order chi connectivity index (χ0) is 13.3. The van der Waals surface area contributed by atoms with Gasteiger partial charge in [0.15, 0.2) is 0 Å². The zero-order valence-corrected chi connectivity index (χ0v) is 11.9. The van der Waals surface area contributed by atoms with Crippen molar-refractivity contribution >= 4 is 5.91 Å². The average molecular weight is 241 g/mol. The van der Waals surface area contributed by atoms with Crippen molar-refractivity contribution in [3.63, 3.8) is 0 Å². The van der Waals surface area contributed by atoms with Gasteiger partial charge in [-0.15, -0.1) is 0 Å². The molecule has 17 heavy (non-hydrogen) atoms. The molecule has 1 aliphatic heterocycles. The average Bonchev–Trinajstić information content (AvgIpc) is 2.26. The van der Waals surface area contributed by atoms with E-state index in [1.54, 1.807) is 0 Å². The van der Waals surface area contributed by atoms with Gasteiger partial charge in [0.05, 0.1) is 5.41 Å². The van der Waals surface area contributed by atoms with Gasteiger partial charge in [-0.1, -0.05) is 6.92 Å². The molecule has 4 heteroatoms. The number of likely N-dealkylation sites (N-methyl/N-ethyl adjacent to an activating group) is 1.